The number of carboxylic acids is 1. The predicted octanol–water partition coefficient (Wildman–Crippen LogP) is 5.51. The topological polar surface area (TPSA) is 104 Å². The number of piperidine rings is 2. The van der Waals surface area contributed by atoms with Crippen LogP contribution in [0.5, 0.6) is 11.6 Å². The van der Waals surface area contributed by atoms with Crippen molar-refractivity contribution in [2.45, 2.75) is 44.7 Å². The van der Waals surface area contributed by atoms with Gasteiger partial charge in [0.2, 0.25) is 11.8 Å². The maximum atomic E-state index is 11.1. The van der Waals surface area contributed by atoms with Crippen molar-refractivity contribution in [3.63, 3.8) is 0 Å². The summed E-state index contributed by atoms with van der Waals surface area (Å²) in [6.07, 6.45) is 7.70. The highest BCUT2D eigenvalue weighted by Crippen LogP contribution is 2.32. The molecule has 216 valence electrons. The number of aliphatic carboxylic acids is 1. The summed E-state index contributed by atoms with van der Waals surface area (Å²) < 4.78 is 6.19. The second kappa shape index (κ2) is 12.5. The molecule has 1 aromatic carbocycles. The van der Waals surface area contributed by atoms with E-state index in [9.17, 15) is 4.79 Å². The largest absolute Gasteiger partial charge is 0.481 e. The molecular weight excluding hydrogens is 563 g/mol. The van der Waals surface area contributed by atoms with Gasteiger partial charge in [0.25, 0.3) is 0 Å². The first-order chi connectivity index (χ1) is 19.9. The summed E-state index contributed by atoms with van der Waals surface area (Å²) in [5.41, 5.74) is 2.53. The Kier molecular flexibility index (Phi) is 8.57. The zero-order chi connectivity index (χ0) is 28.3. The van der Waals surface area contributed by atoms with E-state index in [1.165, 1.54) is 6.42 Å². The number of fused-ring (bicyclic) bond motifs is 1. The summed E-state index contributed by atoms with van der Waals surface area (Å²) in [5, 5.41) is 13.8. The maximum Gasteiger partial charge on any atom is 0.303 e. The molecule has 2 unspecified atom stereocenters. The van der Waals surface area contributed by atoms with Crippen molar-refractivity contribution in [3.05, 3.63) is 58.3 Å². The Hall–Kier alpha value is -2.98. The van der Waals surface area contributed by atoms with E-state index < -0.39 is 5.97 Å². The van der Waals surface area contributed by atoms with Crippen molar-refractivity contribution in [3.8, 4) is 22.9 Å². The number of nitrogens with one attached hydrogen (secondary N) is 1. The van der Waals surface area contributed by atoms with Crippen molar-refractivity contribution in [1.29, 1.82) is 0 Å². The summed E-state index contributed by atoms with van der Waals surface area (Å²) in [6.45, 7) is 5.39. The zero-order valence-electron chi connectivity index (χ0n) is 22.8. The van der Waals surface area contributed by atoms with Crippen LogP contribution in [-0.4, -0.2) is 69.7 Å². The smallest absolute Gasteiger partial charge is 0.303 e. The van der Waals surface area contributed by atoms with Crippen LogP contribution in [0.1, 0.15) is 37.7 Å². The number of rotatable bonds is 8. The minimum absolute atomic E-state index is 0.230. The quantitative estimate of drug-likeness (QED) is 0.348. The first-order valence-corrected chi connectivity index (χ1v) is 15.0. The van der Waals surface area contributed by atoms with Crippen LogP contribution in [0, 0.1) is 11.8 Å². The van der Waals surface area contributed by atoms with Gasteiger partial charge in [-0.15, -0.1) is 0 Å². The van der Waals surface area contributed by atoms with Crippen LogP contribution in [0.3, 0.4) is 0 Å². The summed E-state index contributed by atoms with van der Waals surface area (Å²) in [5.74, 6) is 1.83. The standard InChI is InChI=1S/C30H34Cl2N6O3/c31-23-12-22(13-24(32)14-23)27-9-20(17-37-6-2-19(3-7-37)11-29(39)40)10-28(36-27)41-25-15-34-30(35-16-25)38-8-4-26-21(18-38)1-5-33-26/h9-10,12-16,19,21,26,33H,1-8,11,17-18H2,(H,39,40). The van der Waals surface area contributed by atoms with Gasteiger partial charge in [-0.25, -0.2) is 15.0 Å². The van der Waals surface area contributed by atoms with Gasteiger partial charge in [0.15, 0.2) is 5.75 Å². The van der Waals surface area contributed by atoms with Gasteiger partial charge in [-0.2, -0.15) is 0 Å². The van der Waals surface area contributed by atoms with Crippen molar-refractivity contribution >= 4 is 35.1 Å². The van der Waals surface area contributed by atoms with Crippen molar-refractivity contribution < 1.29 is 14.6 Å². The van der Waals surface area contributed by atoms with E-state index in [0.717, 1.165) is 69.1 Å². The third kappa shape index (κ3) is 7.09. The van der Waals surface area contributed by atoms with E-state index >= 15 is 0 Å². The Morgan fingerprint density at radius 2 is 1.76 bits per heavy atom. The number of carboxylic acid groups (broad SMARTS) is 1. The Labute approximate surface area is 249 Å². The molecule has 0 spiro atoms. The van der Waals surface area contributed by atoms with Crippen molar-refractivity contribution in [2.75, 3.05) is 37.6 Å². The number of ether oxygens (including phenoxy) is 1. The third-order valence-electron chi connectivity index (χ3n) is 8.37. The van der Waals surface area contributed by atoms with Crippen LogP contribution in [0.15, 0.2) is 42.7 Å². The molecule has 41 heavy (non-hydrogen) atoms. The number of pyridine rings is 1. The molecule has 0 aliphatic carbocycles. The van der Waals surface area contributed by atoms with Gasteiger partial charge in [-0.1, -0.05) is 23.2 Å². The monoisotopic (exact) mass is 596 g/mol. The van der Waals surface area contributed by atoms with Gasteiger partial charge in [-0.3, -0.25) is 9.69 Å². The highest BCUT2D eigenvalue weighted by atomic mass is 35.5. The number of anilines is 1. The number of carbonyl (C=O) groups is 1. The zero-order valence-corrected chi connectivity index (χ0v) is 24.3. The molecule has 3 fully saturated rings. The van der Waals surface area contributed by atoms with Crippen LogP contribution in [0.2, 0.25) is 10.0 Å². The molecule has 2 aromatic heterocycles. The molecule has 3 saturated heterocycles. The lowest BCUT2D eigenvalue weighted by Crippen LogP contribution is -2.45. The van der Waals surface area contributed by atoms with Gasteiger partial charge in [0, 0.05) is 53.8 Å². The SMILES string of the molecule is O=C(O)CC1CCN(Cc2cc(Oc3cnc(N4CCC5NCCC5C4)nc3)nc(-c3cc(Cl)cc(Cl)c3)c2)CC1. The lowest BCUT2D eigenvalue weighted by Gasteiger charge is -2.34. The molecule has 0 amide bonds. The van der Waals surface area contributed by atoms with E-state index in [4.69, 9.17) is 38.0 Å². The lowest BCUT2D eigenvalue weighted by molar-refractivity contribution is -0.138. The molecule has 3 aromatic rings. The van der Waals surface area contributed by atoms with E-state index in [1.807, 2.05) is 24.3 Å². The molecule has 0 saturated carbocycles. The number of likely N-dealkylation sites (tertiary alicyclic amines) is 1. The molecule has 3 aliphatic heterocycles. The molecule has 3 aliphatic rings. The number of aromatic nitrogens is 3. The van der Waals surface area contributed by atoms with E-state index in [1.54, 1.807) is 18.5 Å². The fourth-order valence-corrected chi connectivity index (χ4v) is 6.81. The number of halogens is 2. The van der Waals surface area contributed by atoms with Crippen LogP contribution >= 0.6 is 23.2 Å². The third-order valence-corrected chi connectivity index (χ3v) is 8.81. The Balaban J connectivity index is 1.19. The maximum absolute atomic E-state index is 11.1. The van der Waals surface area contributed by atoms with Gasteiger partial charge < -0.3 is 20.1 Å². The van der Waals surface area contributed by atoms with Crippen molar-refractivity contribution in [2.24, 2.45) is 11.8 Å². The average molecular weight is 598 g/mol. The molecule has 0 radical (unpaired) electrons. The highest BCUT2D eigenvalue weighted by Gasteiger charge is 2.33. The van der Waals surface area contributed by atoms with Gasteiger partial charge in [-0.05, 0) is 87.0 Å². The molecule has 11 heteroatoms. The molecule has 2 N–H and O–H groups in total. The molecule has 0 bridgehead atoms. The van der Waals surface area contributed by atoms with Crippen molar-refractivity contribution in [1.82, 2.24) is 25.2 Å². The molecule has 6 rings (SSSR count). The molecule has 2 atom stereocenters. The second-order valence-corrected chi connectivity index (χ2v) is 12.2. The molecule has 5 heterocycles. The Morgan fingerprint density at radius 1 is 1.00 bits per heavy atom. The van der Waals surface area contributed by atoms with E-state index in [-0.39, 0.29) is 12.3 Å². The number of hydrogen-bond donors (Lipinski definition) is 2. The summed E-state index contributed by atoms with van der Waals surface area (Å²) in [6, 6.07) is 9.94. The first kappa shape index (κ1) is 28.2. The van der Waals surface area contributed by atoms with E-state index in [2.05, 4.69) is 25.1 Å². The van der Waals surface area contributed by atoms with Crippen LogP contribution in [-0.2, 0) is 11.3 Å². The van der Waals surface area contributed by atoms with Gasteiger partial charge in [0.1, 0.15) is 0 Å². The lowest BCUT2D eigenvalue weighted by atomic mass is 9.93. The second-order valence-electron chi connectivity index (χ2n) is 11.3. The number of benzene rings is 1. The van der Waals surface area contributed by atoms with Crippen LogP contribution in [0.25, 0.3) is 11.3 Å². The van der Waals surface area contributed by atoms with Crippen LogP contribution in [0.4, 0.5) is 5.95 Å². The fourth-order valence-electron chi connectivity index (χ4n) is 6.28. The first-order valence-electron chi connectivity index (χ1n) is 14.3. The Morgan fingerprint density at radius 3 is 2.49 bits per heavy atom. The predicted molar refractivity (Wildman–Crippen MR) is 159 cm³/mol. The van der Waals surface area contributed by atoms with Crippen LogP contribution < -0.4 is 15.0 Å². The fraction of sp³-hybridized carbons (Fsp3) is 0.467. The molecular formula is C30H34Cl2N6O3. The molecule has 9 nitrogen and oxygen atoms in total. The minimum atomic E-state index is -0.725. The normalized spacial score (nSPS) is 21.6. The summed E-state index contributed by atoms with van der Waals surface area (Å²) >= 11 is 12.6. The highest BCUT2D eigenvalue weighted by molar-refractivity contribution is 6.35. The number of nitrogens with zero attached hydrogens (tertiary/aromatic N) is 5. The average Bonchev–Trinajstić information content (AvgIpc) is 3.42. The minimum Gasteiger partial charge on any atom is -0.481 e. The number of hydrogen-bond acceptors (Lipinski definition) is 8. The van der Waals surface area contributed by atoms with E-state index in [0.29, 0.717) is 45.9 Å². The summed E-state index contributed by atoms with van der Waals surface area (Å²) in [7, 11) is 0. The van der Waals surface area contributed by atoms with Gasteiger partial charge >= 0.3 is 5.97 Å². The summed E-state index contributed by atoms with van der Waals surface area (Å²) in [4.78, 5) is 29.7. The Bertz CT molecular complexity index is 1360. The van der Waals surface area contributed by atoms with Gasteiger partial charge in [0.05, 0.1) is 18.1 Å².